The van der Waals surface area contributed by atoms with Crippen LogP contribution in [0.15, 0.2) is 41.7 Å². The fraction of sp³-hybridized carbons (Fsp3) is 0.474. The van der Waals surface area contributed by atoms with Gasteiger partial charge in [0.1, 0.15) is 11.4 Å². The van der Waals surface area contributed by atoms with Crippen molar-refractivity contribution in [2.45, 2.75) is 31.7 Å². The quantitative estimate of drug-likeness (QED) is 0.853. The zero-order chi connectivity index (χ0) is 17.7. The molecular weight excluding hydrogens is 321 g/mol. The number of aliphatic imine (C=N–C) groups is 1. The Morgan fingerprint density at radius 3 is 3.04 bits per heavy atom. The van der Waals surface area contributed by atoms with Crippen LogP contribution in [0.25, 0.3) is 0 Å². The highest BCUT2D eigenvalue weighted by Crippen LogP contribution is 2.23. The Kier molecular flexibility index (Phi) is 5.36. The Morgan fingerprint density at radius 1 is 1.40 bits per heavy atom. The third-order valence-electron chi connectivity index (χ3n) is 4.81. The fourth-order valence-electron chi connectivity index (χ4n) is 3.33. The second kappa shape index (κ2) is 7.68. The van der Waals surface area contributed by atoms with E-state index in [1.165, 1.54) is 6.07 Å². The minimum absolute atomic E-state index is 0.308. The number of para-hydroxylation sites is 1. The van der Waals surface area contributed by atoms with Crippen molar-refractivity contribution in [3.8, 4) is 5.75 Å². The molecule has 1 aromatic carbocycles. The van der Waals surface area contributed by atoms with Crippen molar-refractivity contribution in [3.63, 3.8) is 0 Å². The smallest absolute Gasteiger partial charge is 0.165 e. The molecule has 0 amide bonds. The average molecular weight is 345 g/mol. The van der Waals surface area contributed by atoms with Crippen LogP contribution in [0.5, 0.6) is 5.75 Å². The molecule has 1 saturated heterocycles. The van der Waals surface area contributed by atoms with Crippen LogP contribution in [-0.2, 0) is 4.79 Å². The number of hydrogen-bond acceptors (Lipinski definition) is 5. The van der Waals surface area contributed by atoms with Gasteiger partial charge in [-0.05, 0) is 44.2 Å². The van der Waals surface area contributed by atoms with Crippen LogP contribution in [-0.4, -0.2) is 42.3 Å². The lowest BCUT2D eigenvalue weighted by atomic mass is 10.0. The molecule has 2 aliphatic rings. The van der Waals surface area contributed by atoms with Crippen LogP contribution in [0.3, 0.4) is 0 Å². The van der Waals surface area contributed by atoms with E-state index < -0.39 is 5.54 Å². The largest absolute Gasteiger partial charge is 0.490 e. The van der Waals surface area contributed by atoms with E-state index in [1.807, 2.05) is 6.92 Å². The van der Waals surface area contributed by atoms with E-state index >= 15 is 0 Å². The van der Waals surface area contributed by atoms with Crippen molar-refractivity contribution in [2.75, 3.05) is 19.7 Å². The summed E-state index contributed by atoms with van der Waals surface area (Å²) in [6.07, 6.45) is 7.21. The maximum atomic E-state index is 13.7. The van der Waals surface area contributed by atoms with Crippen LogP contribution in [0.1, 0.15) is 26.2 Å². The van der Waals surface area contributed by atoms with Gasteiger partial charge in [0, 0.05) is 25.5 Å². The number of rotatable bonds is 4. The Balaban J connectivity index is 1.59. The molecule has 0 aliphatic carbocycles. The third-order valence-corrected chi connectivity index (χ3v) is 4.81. The normalized spacial score (nSPS) is 26.4. The van der Waals surface area contributed by atoms with Gasteiger partial charge in [0.25, 0.3) is 0 Å². The molecule has 0 saturated carbocycles. The van der Waals surface area contributed by atoms with Crippen LogP contribution in [0.2, 0.25) is 0 Å². The molecular formula is C19H24FN3O2. The molecule has 134 valence electrons. The first kappa shape index (κ1) is 17.5. The van der Waals surface area contributed by atoms with E-state index in [4.69, 9.17) is 4.74 Å². The van der Waals surface area contributed by atoms with Gasteiger partial charge in [0.05, 0.1) is 6.61 Å². The first-order valence-electron chi connectivity index (χ1n) is 8.72. The molecule has 0 spiro atoms. The van der Waals surface area contributed by atoms with Gasteiger partial charge in [-0.2, -0.15) is 0 Å². The Bertz CT molecular complexity index is 676. The molecule has 0 aromatic heterocycles. The second-order valence-electron chi connectivity index (χ2n) is 6.76. The number of benzene rings is 1. The van der Waals surface area contributed by atoms with Crippen molar-refractivity contribution in [2.24, 2.45) is 10.9 Å². The van der Waals surface area contributed by atoms with E-state index in [1.54, 1.807) is 30.6 Å². The number of likely N-dealkylation sites (tertiary alicyclic amines) is 1. The molecule has 2 heterocycles. The van der Waals surface area contributed by atoms with E-state index in [2.05, 4.69) is 15.2 Å². The number of carbonyl (C=O) groups is 1. The van der Waals surface area contributed by atoms with Crippen LogP contribution in [0.4, 0.5) is 4.39 Å². The second-order valence-corrected chi connectivity index (χ2v) is 6.76. The number of nitrogens with zero attached hydrogens (tertiary/aromatic N) is 2. The first-order valence-corrected chi connectivity index (χ1v) is 8.72. The Morgan fingerprint density at radius 2 is 2.24 bits per heavy atom. The summed E-state index contributed by atoms with van der Waals surface area (Å²) in [5.41, 5.74) is -0.780. The van der Waals surface area contributed by atoms with Gasteiger partial charge in [0.2, 0.25) is 0 Å². The molecule has 1 fully saturated rings. The third kappa shape index (κ3) is 4.00. The highest BCUT2D eigenvalue weighted by atomic mass is 19.1. The van der Waals surface area contributed by atoms with Gasteiger partial charge in [-0.15, -0.1) is 0 Å². The van der Waals surface area contributed by atoms with Crippen LogP contribution >= 0.6 is 0 Å². The van der Waals surface area contributed by atoms with Gasteiger partial charge in [-0.1, -0.05) is 12.1 Å². The summed E-state index contributed by atoms with van der Waals surface area (Å²) in [6, 6.07) is 6.49. The summed E-state index contributed by atoms with van der Waals surface area (Å²) < 4.78 is 19.3. The molecule has 3 rings (SSSR count). The molecule has 0 bridgehead atoms. The number of halogens is 1. The molecule has 2 atom stereocenters. The number of nitrogens with one attached hydrogen (secondary N) is 1. The lowest BCUT2D eigenvalue weighted by Crippen LogP contribution is -2.57. The predicted molar refractivity (Wildman–Crippen MR) is 95.0 cm³/mol. The zero-order valence-corrected chi connectivity index (χ0v) is 14.5. The van der Waals surface area contributed by atoms with E-state index in [0.29, 0.717) is 18.3 Å². The molecule has 1 aromatic rings. The molecule has 2 unspecified atom stereocenters. The SMILES string of the molecule is CC1(C=O)NC=CN=C1N1CCCC(COc2ccccc2F)CC1. The molecule has 0 radical (unpaired) electrons. The van der Waals surface area contributed by atoms with E-state index in [0.717, 1.165) is 44.5 Å². The zero-order valence-electron chi connectivity index (χ0n) is 14.5. The summed E-state index contributed by atoms with van der Waals surface area (Å²) in [5, 5.41) is 3.09. The monoisotopic (exact) mass is 345 g/mol. The maximum Gasteiger partial charge on any atom is 0.165 e. The molecule has 2 aliphatic heterocycles. The highest BCUT2D eigenvalue weighted by Gasteiger charge is 2.35. The van der Waals surface area contributed by atoms with Gasteiger partial charge in [-0.3, -0.25) is 0 Å². The lowest BCUT2D eigenvalue weighted by molar-refractivity contribution is -0.110. The van der Waals surface area contributed by atoms with Crippen molar-refractivity contribution < 1.29 is 13.9 Å². The van der Waals surface area contributed by atoms with Crippen molar-refractivity contribution in [3.05, 3.63) is 42.5 Å². The van der Waals surface area contributed by atoms with Gasteiger partial charge >= 0.3 is 0 Å². The van der Waals surface area contributed by atoms with E-state index in [-0.39, 0.29) is 5.82 Å². The molecule has 5 nitrogen and oxygen atoms in total. The maximum absolute atomic E-state index is 13.7. The number of carbonyl (C=O) groups excluding carboxylic acids is 1. The summed E-state index contributed by atoms with van der Waals surface area (Å²) >= 11 is 0. The fourth-order valence-corrected chi connectivity index (χ4v) is 3.33. The van der Waals surface area contributed by atoms with Crippen LogP contribution < -0.4 is 10.1 Å². The van der Waals surface area contributed by atoms with Crippen LogP contribution in [0, 0.1) is 11.7 Å². The van der Waals surface area contributed by atoms with Gasteiger partial charge in [0.15, 0.2) is 17.9 Å². The van der Waals surface area contributed by atoms with Gasteiger partial charge in [-0.25, -0.2) is 9.38 Å². The standard InChI is InChI=1S/C19H24FN3O2/c1-19(14-24)18(21-9-10-22-19)23-11-4-5-15(8-12-23)13-25-17-7-3-2-6-16(17)20/h2-3,6-7,9-10,14-15,22H,4-5,8,11-13H2,1H3. The summed E-state index contributed by atoms with van der Waals surface area (Å²) in [4.78, 5) is 18.1. The average Bonchev–Trinajstić information content (AvgIpc) is 2.87. The Labute approximate surface area is 147 Å². The Hall–Kier alpha value is -2.37. The summed E-state index contributed by atoms with van der Waals surface area (Å²) in [7, 11) is 0. The number of hydrogen-bond donors (Lipinski definition) is 1. The summed E-state index contributed by atoms with van der Waals surface area (Å²) in [6.45, 7) is 4.01. The number of amidine groups is 1. The van der Waals surface area contributed by atoms with Crippen molar-refractivity contribution in [1.29, 1.82) is 0 Å². The number of aldehydes is 1. The molecule has 25 heavy (non-hydrogen) atoms. The number of ether oxygens (including phenoxy) is 1. The molecule has 6 heteroatoms. The minimum Gasteiger partial charge on any atom is -0.490 e. The lowest BCUT2D eigenvalue weighted by Gasteiger charge is -2.35. The van der Waals surface area contributed by atoms with E-state index in [9.17, 15) is 9.18 Å². The van der Waals surface area contributed by atoms with Crippen molar-refractivity contribution in [1.82, 2.24) is 10.2 Å². The molecule has 1 N–H and O–H groups in total. The highest BCUT2D eigenvalue weighted by molar-refractivity contribution is 6.05. The first-order chi connectivity index (χ1) is 12.1. The summed E-state index contributed by atoms with van der Waals surface area (Å²) in [5.74, 6) is 1.11. The van der Waals surface area contributed by atoms with Gasteiger partial charge < -0.3 is 19.7 Å². The van der Waals surface area contributed by atoms with Crippen molar-refractivity contribution >= 4 is 12.1 Å². The topological polar surface area (TPSA) is 53.9 Å². The minimum atomic E-state index is -0.780. The predicted octanol–water partition coefficient (Wildman–Crippen LogP) is 2.74.